The molecule has 0 aromatic carbocycles. The summed E-state index contributed by atoms with van der Waals surface area (Å²) in [6.07, 6.45) is -0.960. The molecule has 1 fully saturated rings. The Labute approximate surface area is 174 Å². The second-order valence-electron chi connectivity index (χ2n) is 6.22. The van der Waals surface area contributed by atoms with Crippen molar-refractivity contribution in [3.8, 4) is 0 Å². The third-order valence-corrected chi connectivity index (χ3v) is 6.62. The average molecular weight is 450 g/mol. The predicted octanol–water partition coefficient (Wildman–Crippen LogP) is -1.65. The summed E-state index contributed by atoms with van der Waals surface area (Å²) in [6, 6.07) is 0. The second-order valence-corrected chi connectivity index (χ2v) is 8.31. The SMILES string of the molecule is CO[C@@]1(NC(=O)CSCC(O)CO)C(=O)N2C(C(=O)O)=C(COC(C)=O)CS[C@H]21. The smallest absolute Gasteiger partial charge is 0.352 e. The predicted molar refractivity (Wildman–Crippen MR) is 103 cm³/mol. The number of carboxylic acid groups (broad SMARTS) is 1. The third kappa shape index (κ3) is 4.86. The van der Waals surface area contributed by atoms with E-state index >= 15 is 0 Å². The zero-order valence-electron chi connectivity index (χ0n) is 15.7. The van der Waals surface area contributed by atoms with E-state index in [2.05, 4.69) is 5.32 Å². The minimum absolute atomic E-state index is 0.0911. The number of carboxylic acids is 1. The summed E-state index contributed by atoms with van der Waals surface area (Å²) in [7, 11) is 1.23. The number of ether oxygens (including phenoxy) is 2. The van der Waals surface area contributed by atoms with E-state index in [-0.39, 0.29) is 35.1 Å². The fourth-order valence-corrected chi connectivity index (χ4v) is 5.00. The van der Waals surface area contributed by atoms with E-state index in [1.54, 1.807) is 0 Å². The van der Waals surface area contributed by atoms with E-state index in [1.165, 1.54) is 25.8 Å². The zero-order chi connectivity index (χ0) is 21.8. The highest BCUT2D eigenvalue weighted by atomic mass is 32.2. The fourth-order valence-electron chi connectivity index (χ4n) is 2.83. The number of carbonyl (C=O) groups is 4. The molecule has 2 amide bonds. The standard InChI is InChI=1S/C16H22N2O9S2/c1-8(20)27-4-9-5-29-15-16(26-2,14(25)18(15)12(9)13(23)24)17-11(22)7-28-6-10(21)3-19/h10,15,19,21H,3-7H2,1-2H3,(H,17,22)(H,23,24)/t10?,15-,16-/m0/s1. The summed E-state index contributed by atoms with van der Waals surface area (Å²) >= 11 is 2.24. The first-order valence-corrected chi connectivity index (χ1v) is 10.6. The molecule has 13 heteroatoms. The lowest BCUT2D eigenvalue weighted by atomic mass is 9.98. The molecular formula is C16H22N2O9S2. The molecule has 2 aliphatic rings. The number of hydrogen-bond acceptors (Lipinski definition) is 10. The Morgan fingerprint density at radius 3 is 2.69 bits per heavy atom. The van der Waals surface area contributed by atoms with Gasteiger partial charge < -0.3 is 30.1 Å². The number of rotatable bonds is 10. The highest BCUT2D eigenvalue weighted by Crippen LogP contribution is 2.46. The maximum absolute atomic E-state index is 12.8. The van der Waals surface area contributed by atoms with Gasteiger partial charge in [-0.1, -0.05) is 0 Å². The average Bonchev–Trinajstić information content (AvgIpc) is 2.68. The van der Waals surface area contributed by atoms with Crippen LogP contribution in [0.3, 0.4) is 0 Å². The number of esters is 1. The highest BCUT2D eigenvalue weighted by Gasteiger charge is 2.66. The summed E-state index contributed by atoms with van der Waals surface area (Å²) in [5.74, 6) is -3.01. The Hall–Kier alpha value is -1.80. The molecule has 0 radical (unpaired) electrons. The van der Waals surface area contributed by atoms with Crippen LogP contribution in [-0.2, 0) is 28.7 Å². The molecule has 162 valence electrons. The van der Waals surface area contributed by atoms with Crippen molar-refractivity contribution in [2.24, 2.45) is 0 Å². The number of methoxy groups -OCH3 is 1. The van der Waals surface area contributed by atoms with Gasteiger partial charge in [-0.05, 0) is 0 Å². The number of carbonyl (C=O) groups excluding carboxylic acids is 3. The first-order valence-electron chi connectivity index (χ1n) is 8.44. The summed E-state index contributed by atoms with van der Waals surface area (Å²) in [5.41, 5.74) is -1.74. The van der Waals surface area contributed by atoms with Crippen molar-refractivity contribution in [2.45, 2.75) is 24.1 Å². The van der Waals surface area contributed by atoms with E-state index in [9.17, 15) is 29.4 Å². The van der Waals surface area contributed by atoms with Gasteiger partial charge in [-0.25, -0.2) is 4.79 Å². The first kappa shape index (κ1) is 23.5. The number of nitrogens with one attached hydrogen (secondary N) is 1. The molecule has 0 saturated carbocycles. The highest BCUT2D eigenvalue weighted by molar-refractivity contribution is 8.00. The van der Waals surface area contributed by atoms with Crippen molar-refractivity contribution < 1.29 is 44.0 Å². The number of fused-ring (bicyclic) bond motifs is 1. The number of aliphatic hydroxyl groups is 2. The number of aliphatic hydroxyl groups excluding tert-OH is 2. The Bertz CT molecular complexity index is 729. The lowest BCUT2D eigenvalue weighted by Gasteiger charge is -2.55. The van der Waals surface area contributed by atoms with Crippen LogP contribution in [0.5, 0.6) is 0 Å². The van der Waals surface area contributed by atoms with Gasteiger partial charge >= 0.3 is 11.9 Å². The maximum Gasteiger partial charge on any atom is 0.352 e. The van der Waals surface area contributed by atoms with Crippen LogP contribution in [0.25, 0.3) is 0 Å². The van der Waals surface area contributed by atoms with Crippen LogP contribution in [0, 0.1) is 0 Å². The molecular weight excluding hydrogens is 428 g/mol. The topological polar surface area (TPSA) is 163 Å². The second kappa shape index (κ2) is 9.80. The number of aliphatic carboxylic acids is 1. The minimum atomic E-state index is -1.72. The number of nitrogens with zero attached hydrogens (tertiary/aromatic N) is 1. The van der Waals surface area contributed by atoms with E-state index < -0.39 is 47.6 Å². The van der Waals surface area contributed by atoms with Gasteiger partial charge in [-0.2, -0.15) is 0 Å². The van der Waals surface area contributed by atoms with Gasteiger partial charge in [-0.15, -0.1) is 23.5 Å². The molecule has 3 atom stereocenters. The molecule has 29 heavy (non-hydrogen) atoms. The lowest BCUT2D eigenvalue weighted by molar-refractivity contribution is -0.192. The summed E-state index contributed by atoms with van der Waals surface area (Å²) in [5, 5.41) is 29.3. The lowest BCUT2D eigenvalue weighted by Crippen LogP contribution is -2.80. The Kier molecular flexibility index (Phi) is 7.94. The molecule has 1 saturated heterocycles. The molecule has 2 heterocycles. The molecule has 1 unspecified atom stereocenters. The minimum Gasteiger partial charge on any atom is -0.477 e. The summed E-state index contributed by atoms with van der Waals surface area (Å²) < 4.78 is 10.2. The van der Waals surface area contributed by atoms with Gasteiger partial charge in [0, 0.05) is 31.1 Å². The normalized spacial score (nSPS) is 24.5. The molecule has 11 nitrogen and oxygen atoms in total. The van der Waals surface area contributed by atoms with Crippen LogP contribution in [-0.4, -0.2) is 98.8 Å². The summed E-state index contributed by atoms with van der Waals surface area (Å²) in [4.78, 5) is 48.8. The molecule has 4 N–H and O–H groups in total. The van der Waals surface area contributed by atoms with E-state index in [0.717, 1.165) is 16.7 Å². The number of thioether (sulfide) groups is 2. The van der Waals surface area contributed by atoms with Gasteiger partial charge in [0.25, 0.3) is 11.6 Å². The van der Waals surface area contributed by atoms with Crippen LogP contribution in [0.15, 0.2) is 11.3 Å². The van der Waals surface area contributed by atoms with Gasteiger partial charge in [0.1, 0.15) is 17.7 Å². The molecule has 0 spiro atoms. The van der Waals surface area contributed by atoms with Crippen LogP contribution in [0.4, 0.5) is 0 Å². The van der Waals surface area contributed by atoms with Crippen LogP contribution in [0.2, 0.25) is 0 Å². The first-order chi connectivity index (χ1) is 13.7. The van der Waals surface area contributed by atoms with Gasteiger partial charge in [0.15, 0.2) is 0 Å². The van der Waals surface area contributed by atoms with E-state index in [1.807, 2.05) is 0 Å². The van der Waals surface area contributed by atoms with Crippen LogP contribution < -0.4 is 5.32 Å². The van der Waals surface area contributed by atoms with Crippen molar-refractivity contribution in [1.82, 2.24) is 10.2 Å². The Balaban J connectivity index is 2.13. The monoisotopic (exact) mass is 450 g/mol. The van der Waals surface area contributed by atoms with Gasteiger partial charge in [-0.3, -0.25) is 19.3 Å². The third-order valence-electron chi connectivity index (χ3n) is 4.16. The fraction of sp³-hybridized carbons (Fsp3) is 0.625. The Morgan fingerprint density at radius 1 is 1.45 bits per heavy atom. The molecule has 0 aromatic rings. The molecule has 0 aromatic heterocycles. The molecule has 0 aliphatic carbocycles. The molecule has 2 rings (SSSR count). The molecule has 0 bridgehead atoms. The van der Waals surface area contributed by atoms with Crippen molar-refractivity contribution >= 4 is 47.3 Å². The number of hydrogen-bond donors (Lipinski definition) is 4. The van der Waals surface area contributed by atoms with Gasteiger partial charge in [0.2, 0.25) is 5.91 Å². The van der Waals surface area contributed by atoms with Crippen molar-refractivity contribution in [1.29, 1.82) is 0 Å². The van der Waals surface area contributed by atoms with E-state index in [4.69, 9.17) is 14.6 Å². The molecule has 2 aliphatic heterocycles. The Morgan fingerprint density at radius 2 is 2.14 bits per heavy atom. The zero-order valence-corrected chi connectivity index (χ0v) is 17.4. The van der Waals surface area contributed by atoms with Crippen LogP contribution >= 0.6 is 23.5 Å². The van der Waals surface area contributed by atoms with Crippen LogP contribution in [0.1, 0.15) is 6.92 Å². The van der Waals surface area contributed by atoms with Gasteiger partial charge in [0.05, 0.1) is 18.5 Å². The summed E-state index contributed by atoms with van der Waals surface area (Å²) in [6.45, 7) is 0.511. The number of β-lactam (4-membered cyclic amide) rings is 1. The van der Waals surface area contributed by atoms with Crippen molar-refractivity contribution in [3.63, 3.8) is 0 Å². The van der Waals surface area contributed by atoms with Crippen molar-refractivity contribution in [3.05, 3.63) is 11.3 Å². The van der Waals surface area contributed by atoms with Crippen molar-refractivity contribution in [2.75, 3.05) is 37.6 Å². The quantitative estimate of drug-likeness (QED) is 0.171. The number of amides is 2. The largest absolute Gasteiger partial charge is 0.477 e. The van der Waals surface area contributed by atoms with E-state index in [0.29, 0.717) is 0 Å². The maximum atomic E-state index is 12.8.